The molecule has 2 aromatic rings. The molecule has 0 aliphatic heterocycles. The van der Waals surface area contributed by atoms with E-state index >= 15 is 0 Å². The summed E-state index contributed by atoms with van der Waals surface area (Å²) in [6, 6.07) is 11.0. The van der Waals surface area contributed by atoms with Crippen LogP contribution in [0.4, 0.5) is 10.1 Å². The summed E-state index contributed by atoms with van der Waals surface area (Å²) >= 11 is 0. The highest BCUT2D eigenvalue weighted by atomic mass is 32.2. The lowest BCUT2D eigenvalue weighted by Gasteiger charge is -2.13. The minimum absolute atomic E-state index is 0.0880. The molecule has 0 amide bonds. The van der Waals surface area contributed by atoms with Crippen LogP contribution in [-0.2, 0) is 22.9 Å². The lowest BCUT2D eigenvalue weighted by molar-refractivity contribution is 0.553. The van der Waals surface area contributed by atoms with Gasteiger partial charge in [0.05, 0.1) is 4.90 Å². The molecule has 2 aromatic carbocycles. The van der Waals surface area contributed by atoms with E-state index in [1.807, 2.05) is 24.3 Å². The number of halogens is 1. The minimum Gasteiger partial charge on any atom is -0.399 e. The highest BCUT2D eigenvalue weighted by molar-refractivity contribution is 7.89. The number of anilines is 1. The van der Waals surface area contributed by atoms with Crippen molar-refractivity contribution in [1.82, 2.24) is 4.72 Å². The normalized spacial score (nSPS) is 15.1. The van der Waals surface area contributed by atoms with E-state index in [4.69, 9.17) is 5.73 Å². The Morgan fingerprint density at radius 2 is 1.71 bits per heavy atom. The van der Waals surface area contributed by atoms with E-state index in [0.29, 0.717) is 12.8 Å². The fourth-order valence-corrected chi connectivity index (χ4v) is 3.97. The summed E-state index contributed by atoms with van der Waals surface area (Å²) in [7, 11) is -3.78. The van der Waals surface area contributed by atoms with Gasteiger partial charge in [-0.1, -0.05) is 24.3 Å². The van der Waals surface area contributed by atoms with E-state index < -0.39 is 15.8 Å². The van der Waals surface area contributed by atoms with Crippen molar-refractivity contribution in [2.24, 2.45) is 0 Å². The van der Waals surface area contributed by atoms with E-state index in [0.717, 1.165) is 23.3 Å². The molecule has 0 atom stereocenters. The molecule has 0 saturated heterocycles. The maximum absolute atomic E-state index is 13.3. The van der Waals surface area contributed by atoms with Crippen LogP contribution in [0.25, 0.3) is 0 Å². The van der Waals surface area contributed by atoms with Gasteiger partial charge in [0.15, 0.2) is 0 Å². The second-order valence-electron chi connectivity index (χ2n) is 5.22. The minimum atomic E-state index is -3.78. The molecule has 21 heavy (non-hydrogen) atoms. The maximum Gasteiger partial charge on any atom is 0.241 e. The molecule has 0 heterocycles. The summed E-state index contributed by atoms with van der Waals surface area (Å²) in [6.07, 6.45) is 1.28. The number of hydrogen-bond donors (Lipinski definition) is 2. The summed E-state index contributed by atoms with van der Waals surface area (Å²) in [5.41, 5.74) is 7.87. The van der Waals surface area contributed by atoms with E-state index in [2.05, 4.69) is 4.72 Å². The number of fused-ring (bicyclic) bond motifs is 1. The van der Waals surface area contributed by atoms with Crippen molar-refractivity contribution in [3.05, 3.63) is 59.4 Å². The molecule has 3 N–H and O–H groups in total. The first-order valence-electron chi connectivity index (χ1n) is 6.59. The SMILES string of the molecule is Nc1cc(F)cc(S(=O)(=O)NC2Cc3ccccc3C2)c1. The van der Waals surface area contributed by atoms with Crippen molar-refractivity contribution in [3.63, 3.8) is 0 Å². The van der Waals surface area contributed by atoms with E-state index in [-0.39, 0.29) is 16.6 Å². The van der Waals surface area contributed by atoms with Crippen LogP contribution in [0.3, 0.4) is 0 Å². The molecule has 1 aliphatic rings. The Morgan fingerprint density at radius 3 is 2.29 bits per heavy atom. The Balaban J connectivity index is 1.82. The first kappa shape index (κ1) is 14.0. The zero-order valence-electron chi connectivity index (χ0n) is 11.2. The van der Waals surface area contributed by atoms with Gasteiger partial charge in [0.25, 0.3) is 0 Å². The average molecular weight is 306 g/mol. The standard InChI is InChI=1S/C15H15FN2O2S/c16-12-7-13(17)9-15(8-12)21(19,20)18-14-5-10-3-1-2-4-11(10)6-14/h1-4,7-9,14,18H,5-6,17H2. The van der Waals surface area contributed by atoms with Gasteiger partial charge in [-0.15, -0.1) is 0 Å². The molecule has 4 nitrogen and oxygen atoms in total. The van der Waals surface area contributed by atoms with Gasteiger partial charge in [0.2, 0.25) is 10.0 Å². The molecule has 0 aromatic heterocycles. The third-order valence-corrected chi connectivity index (χ3v) is 5.08. The number of rotatable bonds is 3. The lowest BCUT2D eigenvalue weighted by Crippen LogP contribution is -2.35. The largest absolute Gasteiger partial charge is 0.399 e. The molecule has 0 saturated carbocycles. The Kier molecular flexibility index (Phi) is 3.43. The Labute approximate surface area is 122 Å². The van der Waals surface area contributed by atoms with Crippen molar-refractivity contribution in [2.75, 3.05) is 5.73 Å². The quantitative estimate of drug-likeness (QED) is 0.850. The Hall–Kier alpha value is -1.92. The predicted octanol–water partition coefficient (Wildman–Crippen LogP) is 1.85. The molecule has 110 valence electrons. The molecule has 0 bridgehead atoms. The second-order valence-corrected chi connectivity index (χ2v) is 6.93. The molecule has 1 aliphatic carbocycles. The Bertz CT molecular complexity index is 745. The third kappa shape index (κ3) is 2.91. The van der Waals surface area contributed by atoms with Crippen LogP contribution in [0, 0.1) is 5.82 Å². The van der Waals surface area contributed by atoms with Crippen LogP contribution >= 0.6 is 0 Å². The van der Waals surface area contributed by atoms with Crippen molar-refractivity contribution in [3.8, 4) is 0 Å². The second kappa shape index (κ2) is 5.13. The van der Waals surface area contributed by atoms with E-state index in [9.17, 15) is 12.8 Å². The number of nitrogens with one attached hydrogen (secondary N) is 1. The van der Waals surface area contributed by atoms with Gasteiger partial charge in [0.1, 0.15) is 5.82 Å². The topological polar surface area (TPSA) is 72.2 Å². The molecule has 0 spiro atoms. The molecule has 0 radical (unpaired) electrons. The van der Waals surface area contributed by atoms with E-state index in [1.165, 1.54) is 6.07 Å². The van der Waals surface area contributed by atoms with Crippen LogP contribution in [0.1, 0.15) is 11.1 Å². The number of nitrogens with two attached hydrogens (primary N) is 1. The summed E-state index contributed by atoms with van der Waals surface area (Å²) in [5.74, 6) is -0.662. The van der Waals surface area contributed by atoms with Gasteiger partial charge in [-0.3, -0.25) is 0 Å². The first-order chi connectivity index (χ1) is 9.94. The molecule has 0 unspecified atom stereocenters. The van der Waals surface area contributed by atoms with Gasteiger partial charge in [-0.2, -0.15) is 0 Å². The summed E-state index contributed by atoms with van der Waals surface area (Å²) in [6.45, 7) is 0. The average Bonchev–Trinajstić information content (AvgIpc) is 2.78. The van der Waals surface area contributed by atoms with Crippen molar-refractivity contribution in [2.45, 2.75) is 23.8 Å². The van der Waals surface area contributed by atoms with Crippen molar-refractivity contribution >= 4 is 15.7 Å². The van der Waals surface area contributed by atoms with Crippen LogP contribution < -0.4 is 10.5 Å². The molecule has 0 fully saturated rings. The fraction of sp³-hybridized carbons (Fsp3) is 0.200. The summed E-state index contributed by atoms with van der Waals surface area (Å²) < 4.78 is 40.6. The highest BCUT2D eigenvalue weighted by Crippen LogP contribution is 2.23. The Morgan fingerprint density at radius 1 is 1.10 bits per heavy atom. The smallest absolute Gasteiger partial charge is 0.241 e. The number of benzene rings is 2. The number of sulfonamides is 1. The monoisotopic (exact) mass is 306 g/mol. The maximum atomic E-state index is 13.3. The van der Waals surface area contributed by atoms with E-state index in [1.54, 1.807) is 0 Å². The summed E-state index contributed by atoms with van der Waals surface area (Å²) in [5, 5.41) is 0. The summed E-state index contributed by atoms with van der Waals surface area (Å²) in [4.78, 5) is -0.143. The molecular weight excluding hydrogens is 291 g/mol. The predicted molar refractivity (Wildman–Crippen MR) is 78.8 cm³/mol. The van der Waals surface area contributed by atoms with Crippen molar-refractivity contribution < 1.29 is 12.8 Å². The molecular formula is C15H15FN2O2S. The zero-order chi connectivity index (χ0) is 15.0. The van der Waals surface area contributed by atoms with Crippen LogP contribution in [0.5, 0.6) is 0 Å². The van der Waals surface area contributed by atoms with Gasteiger partial charge in [-0.05, 0) is 42.2 Å². The van der Waals surface area contributed by atoms with Gasteiger partial charge in [-0.25, -0.2) is 17.5 Å². The van der Waals surface area contributed by atoms with Gasteiger partial charge >= 0.3 is 0 Å². The van der Waals surface area contributed by atoms with Crippen LogP contribution in [0.15, 0.2) is 47.4 Å². The zero-order valence-corrected chi connectivity index (χ0v) is 12.0. The molecule has 6 heteroatoms. The van der Waals surface area contributed by atoms with Gasteiger partial charge < -0.3 is 5.73 Å². The van der Waals surface area contributed by atoms with Gasteiger partial charge in [0, 0.05) is 11.7 Å². The molecule has 3 rings (SSSR count). The van der Waals surface area contributed by atoms with Crippen LogP contribution in [0.2, 0.25) is 0 Å². The van der Waals surface area contributed by atoms with Crippen molar-refractivity contribution in [1.29, 1.82) is 0 Å². The number of hydrogen-bond acceptors (Lipinski definition) is 3. The first-order valence-corrected chi connectivity index (χ1v) is 8.07. The van der Waals surface area contributed by atoms with Crippen LogP contribution in [-0.4, -0.2) is 14.5 Å². The fourth-order valence-electron chi connectivity index (χ4n) is 2.67. The third-order valence-electron chi connectivity index (χ3n) is 3.58. The highest BCUT2D eigenvalue weighted by Gasteiger charge is 2.26. The number of nitrogen functional groups attached to an aromatic ring is 1. The lowest BCUT2D eigenvalue weighted by atomic mass is 10.1.